The molecule has 2 heterocycles. The number of nitriles is 1. The molecule has 0 saturated carbocycles. The van der Waals surface area contributed by atoms with E-state index in [1.54, 1.807) is 13.2 Å². The van der Waals surface area contributed by atoms with Crippen molar-refractivity contribution in [3.05, 3.63) is 52.7 Å². The fourth-order valence-corrected chi connectivity index (χ4v) is 3.28. The second kappa shape index (κ2) is 8.74. The summed E-state index contributed by atoms with van der Waals surface area (Å²) < 4.78 is 5.14. The second-order valence-electron chi connectivity index (χ2n) is 6.44. The van der Waals surface area contributed by atoms with Crippen molar-refractivity contribution in [2.24, 2.45) is 5.92 Å². The quantitative estimate of drug-likeness (QED) is 0.856. The molecule has 7 heteroatoms. The number of methoxy groups -OCH3 is 1. The van der Waals surface area contributed by atoms with Crippen molar-refractivity contribution in [1.29, 1.82) is 5.26 Å². The topological polar surface area (TPSA) is 78.2 Å². The van der Waals surface area contributed by atoms with Gasteiger partial charge in [0.2, 0.25) is 5.91 Å². The Hall–Kier alpha value is -2.78. The van der Waals surface area contributed by atoms with Crippen molar-refractivity contribution in [2.45, 2.75) is 19.4 Å². The van der Waals surface area contributed by atoms with Crippen LogP contribution in [0.1, 0.15) is 24.1 Å². The van der Waals surface area contributed by atoms with Crippen LogP contribution >= 0.6 is 11.6 Å². The van der Waals surface area contributed by atoms with E-state index in [2.05, 4.69) is 15.2 Å². The highest BCUT2D eigenvalue weighted by atomic mass is 35.5. The summed E-state index contributed by atoms with van der Waals surface area (Å²) in [6.07, 6.45) is 1.50. The van der Waals surface area contributed by atoms with Crippen molar-refractivity contribution in [1.82, 2.24) is 10.3 Å². The lowest BCUT2D eigenvalue weighted by Gasteiger charge is -2.32. The second-order valence-corrected chi connectivity index (χ2v) is 6.85. The number of amides is 1. The van der Waals surface area contributed by atoms with Crippen LogP contribution in [0, 0.1) is 17.2 Å². The molecule has 1 amide bonds. The molecule has 1 aliphatic heterocycles. The van der Waals surface area contributed by atoms with Gasteiger partial charge in [-0.3, -0.25) is 4.79 Å². The number of nitrogens with one attached hydrogen (secondary N) is 1. The molecule has 3 rings (SSSR count). The third-order valence-corrected chi connectivity index (χ3v) is 5.06. The van der Waals surface area contributed by atoms with Crippen LogP contribution < -0.4 is 15.0 Å². The Labute approximate surface area is 163 Å². The molecule has 0 spiro atoms. The highest BCUT2D eigenvalue weighted by molar-refractivity contribution is 6.31. The minimum atomic E-state index is -0.0118. The fourth-order valence-electron chi connectivity index (χ4n) is 3.13. The molecule has 2 aromatic rings. The molecule has 0 atom stereocenters. The van der Waals surface area contributed by atoms with E-state index < -0.39 is 0 Å². The molecule has 0 unspecified atom stereocenters. The minimum Gasteiger partial charge on any atom is -0.497 e. The normalized spacial score (nSPS) is 14.5. The van der Waals surface area contributed by atoms with Crippen LogP contribution in [0.25, 0.3) is 0 Å². The molecule has 6 nitrogen and oxygen atoms in total. The largest absolute Gasteiger partial charge is 0.497 e. The highest BCUT2D eigenvalue weighted by Gasteiger charge is 2.25. The number of carbonyl (C=O) groups excluding carboxylic acids is 1. The molecular formula is C20H21ClN4O2. The van der Waals surface area contributed by atoms with Crippen molar-refractivity contribution >= 4 is 23.3 Å². The van der Waals surface area contributed by atoms with E-state index in [-0.39, 0.29) is 17.5 Å². The van der Waals surface area contributed by atoms with E-state index in [1.807, 2.05) is 36.4 Å². The fraction of sp³-hybridized carbons (Fsp3) is 0.350. The van der Waals surface area contributed by atoms with Gasteiger partial charge in [-0.05, 0) is 42.7 Å². The van der Waals surface area contributed by atoms with Crippen molar-refractivity contribution in [3.63, 3.8) is 0 Å². The Kier molecular flexibility index (Phi) is 6.15. The number of aromatic nitrogens is 1. The summed E-state index contributed by atoms with van der Waals surface area (Å²) in [6, 6.07) is 13.2. The average molecular weight is 385 g/mol. The molecular weight excluding hydrogens is 364 g/mol. The van der Waals surface area contributed by atoms with Crippen LogP contribution in [0.3, 0.4) is 0 Å². The van der Waals surface area contributed by atoms with E-state index in [4.69, 9.17) is 21.6 Å². The number of nitrogens with zero attached hydrogens (tertiary/aromatic N) is 3. The maximum Gasteiger partial charge on any atom is 0.223 e. The molecule has 1 aromatic heterocycles. The summed E-state index contributed by atoms with van der Waals surface area (Å²) in [5.41, 5.74) is 1.27. The molecule has 0 radical (unpaired) electrons. The summed E-state index contributed by atoms with van der Waals surface area (Å²) >= 11 is 5.94. The number of anilines is 1. The highest BCUT2D eigenvalue weighted by Crippen LogP contribution is 2.24. The number of hydrogen-bond donors (Lipinski definition) is 1. The molecule has 0 aliphatic carbocycles. The third kappa shape index (κ3) is 4.69. The van der Waals surface area contributed by atoms with Crippen molar-refractivity contribution < 1.29 is 9.53 Å². The van der Waals surface area contributed by atoms with Gasteiger partial charge in [-0.2, -0.15) is 5.26 Å². The van der Waals surface area contributed by atoms with Gasteiger partial charge in [0.1, 0.15) is 17.6 Å². The van der Waals surface area contributed by atoms with Crippen LogP contribution in [-0.2, 0) is 11.3 Å². The van der Waals surface area contributed by atoms with Gasteiger partial charge in [-0.25, -0.2) is 4.98 Å². The number of piperidine rings is 1. The first-order chi connectivity index (χ1) is 13.1. The number of ether oxygens (including phenoxy) is 1. The zero-order chi connectivity index (χ0) is 19.2. The number of benzene rings is 1. The van der Waals surface area contributed by atoms with Gasteiger partial charge < -0.3 is 15.0 Å². The SMILES string of the molecule is COc1ccc(CNC(=O)C2CCN(c3ccc(Cl)c(C#N)n3)CC2)cc1. The van der Waals surface area contributed by atoms with E-state index in [0.29, 0.717) is 11.6 Å². The van der Waals surface area contributed by atoms with Crippen LogP contribution in [-0.4, -0.2) is 31.1 Å². The first-order valence-electron chi connectivity index (χ1n) is 8.83. The van der Waals surface area contributed by atoms with E-state index in [1.165, 1.54) is 0 Å². The third-order valence-electron chi connectivity index (χ3n) is 4.75. The lowest BCUT2D eigenvalue weighted by Crippen LogP contribution is -2.40. The first-order valence-corrected chi connectivity index (χ1v) is 9.20. The summed E-state index contributed by atoms with van der Waals surface area (Å²) in [4.78, 5) is 18.8. The molecule has 140 valence electrons. The number of halogens is 1. The van der Waals surface area contributed by atoms with Gasteiger partial charge in [-0.1, -0.05) is 23.7 Å². The Balaban J connectivity index is 1.51. The Bertz CT molecular complexity index is 840. The van der Waals surface area contributed by atoms with Gasteiger partial charge in [0.15, 0.2) is 5.69 Å². The van der Waals surface area contributed by atoms with E-state index in [0.717, 1.165) is 43.1 Å². The summed E-state index contributed by atoms with van der Waals surface area (Å²) in [6.45, 7) is 1.95. The molecule has 27 heavy (non-hydrogen) atoms. The van der Waals surface area contributed by atoms with Crippen molar-refractivity contribution in [3.8, 4) is 11.8 Å². The molecule has 1 aromatic carbocycles. The molecule has 0 bridgehead atoms. The molecule has 1 N–H and O–H groups in total. The molecule has 1 saturated heterocycles. The van der Waals surface area contributed by atoms with Crippen LogP contribution in [0.15, 0.2) is 36.4 Å². The van der Waals surface area contributed by atoms with Crippen LogP contribution in [0.5, 0.6) is 5.75 Å². The van der Waals surface area contributed by atoms with Gasteiger partial charge in [-0.15, -0.1) is 0 Å². The number of carbonyl (C=O) groups is 1. The predicted octanol–water partition coefficient (Wildman–Crippen LogP) is 3.15. The van der Waals surface area contributed by atoms with Gasteiger partial charge in [0.05, 0.1) is 12.1 Å². The maximum atomic E-state index is 12.5. The zero-order valence-corrected chi connectivity index (χ0v) is 15.9. The zero-order valence-electron chi connectivity index (χ0n) is 15.1. The van der Waals surface area contributed by atoms with E-state index in [9.17, 15) is 4.79 Å². The lowest BCUT2D eigenvalue weighted by molar-refractivity contribution is -0.125. The van der Waals surface area contributed by atoms with Gasteiger partial charge in [0.25, 0.3) is 0 Å². The monoisotopic (exact) mass is 384 g/mol. The predicted molar refractivity (Wildman–Crippen MR) is 104 cm³/mol. The molecule has 1 aliphatic rings. The average Bonchev–Trinajstić information content (AvgIpc) is 2.73. The van der Waals surface area contributed by atoms with E-state index >= 15 is 0 Å². The minimum absolute atomic E-state index is 0.0118. The Morgan fingerprint density at radius 1 is 1.30 bits per heavy atom. The Morgan fingerprint density at radius 2 is 2.00 bits per heavy atom. The number of rotatable bonds is 5. The Morgan fingerprint density at radius 3 is 2.63 bits per heavy atom. The number of pyridine rings is 1. The summed E-state index contributed by atoms with van der Waals surface area (Å²) in [5.74, 6) is 1.59. The van der Waals surface area contributed by atoms with Crippen molar-refractivity contribution in [2.75, 3.05) is 25.1 Å². The maximum absolute atomic E-state index is 12.5. The summed E-state index contributed by atoms with van der Waals surface area (Å²) in [5, 5.41) is 12.4. The summed E-state index contributed by atoms with van der Waals surface area (Å²) in [7, 11) is 1.63. The lowest BCUT2D eigenvalue weighted by atomic mass is 9.95. The van der Waals surface area contributed by atoms with Crippen LogP contribution in [0.2, 0.25) is 5.02 Å². The van der Waals surface area contributed by atoms with Crippen LogP contribution in [0.4, 0.5) is 5.82 Å². The first kappa shape index (κ1) is 19.0. The standard InChI is InChI=1S/C20H21ClN4O2/c1-27-16-4-2-14(3-5-16)13-23-20(26)15-8-10-25(11-9-15)19-7-6-17(21)18(12-22)24-19/h2-7,15H,8-11,13H2,1H3,(H,23,26). The molecule has 1 fully saturated rings. The van der Waals surface area contributed by atoms with Gasteiger partial charge >= 0.3 is 0 Å². The van der Waals surface area contributed by atoms with Gasteiger partial charge in [0, 0.05) is 25.6 Å². The number of hydrogen-bond acceptors (Lipinski definition) is 5. The smallest absolute Gasteiger partial charge is 0.223 e.